The molecular formula is C18H20N2O6S. The second kappa shape index (κ2) is 8.17. The number of rotatable bonds is 7. The number of nitrogens with one attached hydrogen (secondary N) is 1. The maximum atomic E-state index is 12.3. The third kappa shape index (κ3) is 5.27. The number of benzene rings is 2. The molecule has 0 unspecified atom stereocenters. The molecule has 8 nitrogen and oxygen atoms in total. The number of carbonyl (C=O) groups is 1. The normalized spacial score (nSPS) is 11.1. The smallest absolute Gasteiger partial charge is 0.271 e. The fourth-order valence-electron chi connectivity index (χ4n) is 2.48. The quantitative estimate of drug-likeness (QED) is 0.439. The third-order valence-corrected chi connectivity index (χ3v) is 4.93. The number of para-hydroxylation sites is 1. The second-order valence-corrected chi connectivity index (χ2v) is 8.09. The zero-order valence-electron chi connectivity index (χ0n) is 15.2. The number of ether oxygens (including phenoxy) is 1. The van der Waals surface area contributed by atoms with Crippen LogP contribution in [0, 0.1) is 24.0 Å². The van der Waals surface area contributed by atoms with Gasteiger partial charge in [-0.05, 0) is 31.0 Å². The summed E-state index contributed by atoms with van der Waals surface area (Å²) >= 11 is 0. The fourth-order valence-corrected chi connectivity index (χ4v) is 3.16. The highest BCUT2D eigenvalue weighted by Crippen LogP contribution is 2.22. The Balaban J connectivity index is 2.07. The highest BCUT2D eigenvalue weighted by atomic mass is 32.2. The summed E-state index contributed by atoms with van der Waals surface area (Å²) in [5.74, 6) is 0.121. The maximum Gasteiger partial charge on any atom is 0.271 e. The third-order valence-electron chi connectivity index (χ3n) is 3.84. The second-order valence-electron chi connectivity index (χ2n) is 6.07. The zero-order chi connectivity index (χ0) is 20.2. The molecule has 0 bridgehead atoms. The Morgan fingerprint density at radius 2 is 1.81 bits per heavy atom. The maximum absolute atomic E-state index is 12.3. The molecular weight excluding hydrogens is 372 g/mol. The summed E-state index contributed by atoms with van der Waals surface area (Å²) in [5.41, 5.74) is 1.38. The first-order chi connectivity index (χ1) is 12.6. The number of amides is 1. The number of carbonyl (C=O) groups excluding carboxylic acids is 1. The van der Waals surface area contributed by atoms with Gasteiger partial charge >= 0.3 is 0 Å². The Bertz CT molecular complexity index is 965. The van der Waals surface area contributed by atoms with Crippen molar-refractivity contribution in [2.75, 3.05) is 19.4 Å². The van der Waals surface area contributed by atoms with Crippen molar-refractivity contribution in [3.05, 3.63) is 63.2 Å². The van der Waals surface area contributed by atoms with Gasteiger partial charge in [0, 0.05) is 24.0 Å². The Hall–Kier alpha value is -2.94. The number of hydrogen-bond acceptors (Lipinski definition) is 6. The summed E-state index contributed by atoms with van der Waals surface area (Å²) in [6, 6.07) is 8.82. The summed E-state index contributed by atoms with van der Waals surface area (Å²) in [4.78, 5) is 22.2. The molecule has 0 aliphatic rings. The monoisotopic (exact) mass is 392 g/mol. The van der Waals surface area contributed by atoms with Gasteiger partial charge in [0.15, 0.2) is 9.84 Å². The van der Waals surface area contributed by atoms with Crippen molar-refractivity contribution in [3.63, 3.8) is 0 Å². The Morgan fingerprint density at radius 1 is 1.19 bits per heavy atom. The van der Waals surface area contributed by atoms with Crippen molar-refractivity contribution in [2.45, 2.75) is 18.7 Å². The lowest BCUT2D eigenvalue weighted by Crippen LogP contribution is -2.28. The Labute approximate surface area is 157 Å². The molecule has 0 aliphatic carbocycles. The largest absolute Gasteiger partial charge is 0.491 e. The number of nitro groups is 1. The van der Waals surface area contributed by atoms with Crippen LogP contribution in [-0.4, -0.2) is 38.7 Å². The van der Waals surface area contributed by atoms with Gasteiger partial charge in [0.2, 0.25) is 0 Å². The lowest BCUT2D eigenvalue weighted by atomic mass is 10.1. The van der Waals surface area contributed by atoms with Crippen LogP contribution in [0.4, 0.5) is 5.69 Å². The van der Waals surface area contributed by atoms with Gasteiger partial charge in [0.25, 0.3) is 11.6 Å². The number of hydrogen-bond donors (Lipinski definition) is 1. The van der Waals surface area contributed by atoms with Gasteiger partial charge in [-0.1, -0.05) is 18.2 Å². The van der Waals surface area contributed by atoms with Gasteiger partial charge in [-0.2, -0.15) is 0 Å². The summed E-state index contributed by atoms with van der Waals surface area (Å²) in [6.45, 7) is 4.18. The molecule has 0 atom stereocenters. The molecule has 0 spiro atoms. The molecule has 2 aromatic rings. The van der Waals surface area contributed by atoms with Crippen molar-refractivity contribution in [1.82, 2.24) is 5.32 Å². The number of nitro benzene ring substituents is 1. The zero-order valence-corrected chi connectivity index (χ0v) is 16.0. The molecule has 144 valence electrons. The number of sulfone groups is 1. The molecule has 27 heavy (non-hydrogen) atoms. The first kappa shape index (κ1) is 20.4. The van der Waals surface area contributed by atoms with E-state index in [2.05, 4.69) is 5.32 Å². The van der Waals surface area contributed by atoms with Crippen LogP contribution in [0.1, 0.15) is 21.5 Å². The van der Waals surface area contributed by atoms with E-state index in [-0.39, 0.29) is 23.6 Å². The molecule has 0 fully saturated rings. The summed E-state index contributed by atoms with van der Waals surface area (Å²) in [6.07, 6.45) is 0.923. The van der Waals surface area contributed by atoms with E-state index in [0.717, 1.165) is 41.3 Å². The molecule has 2 aromatic carbocycles. The van der Waals surface area contributed by atoms with Crippen LogP contribution in [-0.2, 0) is 9.84 Å². The van der Waals surface area contributed by atoms with Crippen LogP contribution in [0.2, 0.25) is 0 Å². The minimum absolute atomic E-state index is 0.100. The predicted molar refractivity (Wildman–Crippen MR) is 100.0 cm³/mol. The van der Waals surface area contributed by atoms with Gasteiger partial charge in [0.05, 0.1) is 16.4 Å². The highest BCUT2D eigenvalue weighted by molar-refractivity contribution is 7.90. The standard InChI is InChI=1S/C18H20N2O6S/c1-12-5-4-6-13(2)17(12)26-8-7-19-18(21)14-9-15(20(22)23)11-16(10-14)27(3,24)25/h4-6,9-11H,7-8H2,1-3H3,(H,19,21). The fraction of sp³-hybridized carbons (Fsp3) is 0.278. The van der Waals surface area contributed by atoms with E-state index in [1.807, 2.05) is 32.0 Å². The van der Waals surface area contributed by atoms with E-state index in [0.29, 0.717) is 0 Å². The molecule has 0 saturated carbocycles. The topological polar surface area (TPSA) is 116 Å². The van der Waals surface area contributed by atoms with Crippen LogP contribution in [0.15, 0.2) is 41.3 Å². The van der Waals surface area contributed by atoms with E-state index >= 15 is 0 Å². The molecule has 1 N–H and O–H groups in total. The van der Waals surface area contributed by atoms with Crippen molar-refractivity contribution < 1.29 is 22.9 Å². The first-order valence-electron chi connectivity index (χ1n) is 8.06. The lowest BCUT2D eigenvalue weighted by Gasteiger charge is -2.12. The van der Waals surface area contributed by atoms with Crippen molar-refractivity contribution in [3.8, 4) is 5.75 Å². The summed E-state index contributed by atoms with van der Waals surface area (Å²) in [7, 11) is -3.69. The number of aryl methyl sites for hydroxylation is 2. The minimum Gasteiger partial charge on any atom is -0.491 e. The average molecular weight is 392 g/mol. The van der Waals surface area contributed by atoms with E-state index < -0.39 is 26.4 Å². The molecule has 2 rings (SSSR count). The van der Waals surface area contributed by atoms with E-state index in [4.69, 9.17) is 4.74 Å². The van der Waals surface area contributed by atoms with Crippen molar-refractivity contribution in [2.24, 2.45) is 0 Å². The van der Waals surface area contributed by atoms with Gasteiger partial charge in [-0.25, -0.2) is 8.42 Å². The molecule has 0 aliphatic heterocycles. The van der Waals surface area contributed by atoms with Crippen LogP contribution >= 0.6 is 0 Å². The molecule has 0 radical (unpaired) electrons. The van der Waals surface area contributed by atoms with Gasteiger partial charge in [-0.3, -0.25) is 14.9 Å². The lowest BCUT2D eigenvalue weighted by molar-refractivity contribution is -0.385. The van der Waals surface area contributed by atoms with Crippen molar-refractivity contribution >= 4 is 21.4 Å². The van der Waals surface area contributed by atoms with Gasteiger partial charge in [0.1, 0.15) is 12.4 Å². The van der Waals surface area contributed by atoms with E-state index in [1.54, 1.807) is 0 Å². The molecule has 9 heteroatoms. The van der Waals surface area contributed by atoms with Crippen LogP contribution in [0.3, 0.4) is 0 Å². The van der Waals surface area contributed by atoms with Crippen LogP contribution in [0.25, 0.3) is 0 Å². The minimum atomic E-state index is -3.69. The summed E-state index contributed by atoms with van der Waals surface area (Å²) in [5, 5.41) is 13.6. The van der Waals surface area contributed by atoms with Gasteiger partial charge in [-0.15, -0.1) is 0 Å². The highest BCUT2D eigenvalue weighted by Gasteiger charge is 2.19. The van der Waals surface area contributed by atoms with Crippen molar-refractivity contribution in [1.29, 1.82) is 0 Å². The molecule has 1 amide bonds. The summed E-state index contributed by atoms with van der Waals surface area (Å²) < 4.78 is 29.1. The Morgan fingerprint density at radius 3 is 2.37 bits per heavy atom. The van der Waals surface area contributed by atoms with Crippen LogP contribution in [0.5, 0.6) is 5.75 Å². The predicted octanol–water partition coefficient (Wildman–Crippen LogP) is 2.42. The number of non-ortho nitro benzene ring substituents is 1. The van der Waals surface area contributed by atoms with Gasteiger partial charge < -0.3 is 10.1 Å². The number of nitrogens with zero attached hydrogens (tertiary/aromatic N) is 1. The first-order valence-corrected chi connectivity index (χ1v) is 9.95. The average Bonchev–Trinajstić information content (AvgIpc) is 2.59. The van der Waals surface area contributed by atoms with Crippen LogP contribution < -0.4 is 10.1 Å². The Kier molecular flexibility index (Phi) is 6.17. The SMILES string of the molecule is Cc1cccc(C)c1OCCNC(=O)c1cc([N+](=O)[O-])cc(S(C)(=O)=O)c1. The van der Waals surface area contributed by atoms with E-state index in [9.17, 15) is 23.3 Å². The van der Waals surface area contributed by atoms with E-state index in [1.165, 1.54) is 0 Å². The molecule has 0 heterocycles. The molecule has 0 aromatic heterocycles. The molecule has 0 saturated heterocycles.